The summed E-state index contributed by atoms with van der Waals surface area (Å²) < 4.78 is 0. The highest BCUT2D eigenvalue weighted by Crippen LogP contribution is 2.32. The zero-order valence-electron chi connectivity index (χ0n) is 12.4. The molecule has 19 heavy (non-hydrogen) atoms. The van der Waals surface area contributed by atoms with E-state index in [1.54, 1.807) is 0 Å². The highest BCUT2D eigenvalue weighted by Gasteiger charge is 2.38. The van der Waals surface area contributed by atoms with E-state index < -0.39 is 0 Å². The van der Waals surface area contributed by atoms with E-state index in [9.17, 15) is 9.90 Å². The van der Waals surface area contributed by atoms with Crippen molar-refractivity contribution in [1.29, 1.82) is 0 Å². The summed E-state index contributed by atoms with van der Waals surface area (Å²) >= 11 is 0. The number of hydrogen-bond donors (Lipinski definition) is 2. The number of nitrogens with zero attached hydrogens (tertiary/aromatic N) is 1. The molecule has 1 aliphatic carbocycles. The normalized spacial score (nSPS) is 30.4. The minimum atomic E-state index is -0.236. The van der Waals surface area contributed by atoms with Gasteiger partial charge in [-0.2, -0.15) is 0 Å². The van der Waals surface area contributed by atoms with Crippen LogP contribution in [0.5, 0.6) is 0 Å². The number of hydrogen-bond acceptors (Lipinski definition) is 3. The molecule has 4 heteroatoms. The van der Waals surface area contributed by atoms with Gasteiger partial charge >= 0.3 is 0 Å². The first-order valence-corrected chi connectivity index (χ1v) is 7.73. The second kappa shape index (κ2) is 6.23. The van der Waals surface area contributed by atoms with Crippen LogP contribution < -0.4 is 5.32 Å². The predicted octanol–water partition coefficient (Wildman–Crippen LogP) is 1.38. The summed E-state index contributed by atoms with van der Waals surface area (Å²) in [5.74, 6) is 0.468. The molecular formula is C15H28N2O2. The lowest BCUT2D eigenvalue weighted by molar-refractivity contribution is -0.125. The lowest BCUT2D eigenvalue weighted by Crippen LogP contribution is -2.54. The molecule has 2 fully saturated rings. The number of rotatable bonds is 5. The third-order valence-electron chi connectivity index (χ3n) is 4.41. The zero-order chi connectivity index (χ0) is 14.0. The van der Waals surface area contributed by atoms with E-state index in [0.29, 0.717) is 12.0 Å². The molecule has 0 aromatic heterocycles. The molecule has 0 aromatic rings. The smallest absolute Gasteiger partial charge is 0.222 e. The first-order valence-electron chi connectivity index (χ1n) is 7.73. The van der Waals surface area contributed by atoms with E-state index >= 15 is 0 Å². The third kappa shape index (κ3) is 3.93. The molecule has 3 atom stereocenters. The number of nitrogens with one attached hydrogen (secondary N) is 1. The molecule has 0 spiro atoms. The highest BCUT2D eigenvalue weighted by atomic mass is 16.3. The van der Waals surface area contributed by atoms with Crippen molar-refractivity contribution in [2.45, 2.75) is 64.6 Å². The van der Waals surface area contributed by atoms with Crippen molar-refractivity contribution in [3.05, 3.63) is 0 Å². The zero-order valence-corrected chi connectivity index (χ0v) is 12.4. The summed E-state index contributed by atoms with van der Waals surface area (Å²) in [5.41, 5.74) is 0. The van der Waals surface area contributed by atoms with Crippen molar-refractivity contribution in [2.24, 2.45) is 11.8 Å². The molecule has 0 bridgehead atoms. The van der Waals surface area contributed by atoms with Gasteiger partial charge in [0.2, 0.25) is 5.91 Å². The van der Waals surface area contributed by atoms with Gasteiger partial charge in [0.1, 0.15) is 0 Å². The molecule has 2 aliphatic rings. The van der Waals surface area contributed by atoms with Gasteiger partial charge < -0.3 is 10.4 Å². The fraction of sp³-hybridized carbons (Fsp3) is 0.933. The second-order valence-electron chi connectivity index (χ2n) is 6.52. The predicted molar refractivity (Wildman–Crippen MR) is 75.8 cm³/mol. The van der Waals surface area contributed by atoms with Gasteiger partial charge in [-0.05, 0) is 31.6 Å². The minimum absolute atomic E-state index is 0.0332. The molecule has 2 N–H and O–H groups in total. The fourth-order valence-corrected chi connectivity index (χ4v) is 3.00. The van der Waals surface area contributed by atoms with Crippen molar-refractivity contribution in [3.63, 3.8) is 0 Å². The Morgan fingerprint density at radius 3 is 2.58 bits per heavy atom. The SMILES string of the molecule is CCC(O)C1CC(NC(=O)C(C)C)CN(C2CC2)C1. The number of carbonyl (C=O) groups is 1. The van der Waals surface area contributed by atoms with E-state index in [-0.39, 0.29) is 24.0 Å². The van der Waals surface area contributed by atoms with Gasteiger partial charge in [-0.15, -0.1) is 0 Å². The maximum atomic E-state index is 11.9. The molecule has 1 heterocycles. The lowest BCUT2D eigenvalue weighted by Gasteiger charge is -2.40. The van der Waals surface area contributed by atoms with Crippen LogP contribution >= 0.6 is 0 Å². The molecular weight excluding hydrogens is 240 g/mol. The first-order chi connectivity index (χ1) is 9.01. The summed E-state index contributed by atoms with van der Waals surface area (Å²) in [6.07, 6.45) is 4.03. The van der Waals surface area contributed by atoms with Gasteiger partial charge in [0, 0.05) is 31.1 Å². The standard InChI is InChI=1S/C15H28N2O2/c1-4-14(18)11-7-12(16-15(19)10(2)3)9-17(8-11)13-5-6-13/h10-14,18H,4-9H2,1-3H3,(H,16,19). The summed E-state index contributed by atoms with van der Waals surface area (Å²) in [6.45, 7) is 7.83. The molecule has 110 valence electrons. The summed E-state index contributed by atoms with van der Waals surface area (Å²) in [4.78, 5) is 14.3. The topological polar surface area (TPSA) is 52.6 Å². The number of aliphatic hydroxyl groups is 1. The van der Waals surface area contributed by atoms with Crippen LogP contribution in [0.4, 0.5) is 0 Å². The minimum Gasteiger partial charge on any atom is -0.393 e. The Morgan fingerprint density at radius 2 is 2.05 bits per heavy atom. The molecule has 2 rings (SSSR count). The largest absolute Gasteiger partial charge is 0.393 e. The highest BCUT2D eigenvalue weighted by molar-refractivity contribution is 5.78. The molecule has 0 radical (unpaired) electrons. The van der Waals surface area contributed by atoms with Crippen molar-refractivity contribution < 1.29 is 9.90 Å². The van der Waals surface area contributed by atoms with Gasteiger partial charge in [0.05, 0.1) is 6.10 Å². The Hall–Kier alpha value is -0.610. The van der Waals surface area contributed by atoms with E-state index in [1.165, 1.54) is 12.8 Å². The Bertz CT molecular complexity index is 315. The first kappa shape index (κ1) is 14.8. The van der Waals surface area contributed by atoms with Gasteiger partial charge in [-0.1, -0.05) is 20.8 Å². The molecule has 4 nitrogen and oxygen atoms in total. The monoisotopic (exact) mass is 268 g/mol. The number of aliphatic hydroxyl groups excluding tert-OH is 1. The number of amides is 1. The molecule has 0 aromatic carbocycles. The third-order valence-corrected chi connectivity index (χ3v) is 4.41. The second-order valence-corrected chi connectivity index (χ2v) is 6.52. The quantitative estimate of drug-likeness (QED) is 0.792. The Labute approximate surface area is 116 Å². The van der Waals surface area contributed by atoms with Crippen molar-refractivity contribution >= 4 is 5.91 Å². The Morgan fingerprint density at radius 1 is 1.37 bits per heavy atom. The van der Waals surface area contributed by atoms with Gasteiger partial charge in [0.25, 0.3) is 0 Å². The number of piperidine rings is 1. The fourth-order valence-electron chi connectivity index (χ4n) is 3.00. The summed E-state index contributed by atoms with van der Waals surface area (Å²) in [6, 6.07) is 0.903. The average Bonchev–Trinajstić information content (AvgIpc) is 3.21. The van der Waals surface area contributed by atoms with E-state index in [2.05, 4.69) is 10.2 Å². The van der Waals surface area contributed by atoms with Gasteiger partial charge in [-0.3, -0.25) is 9.69 Å². The van der Waals surface area contributed by atoms with Crippen molar-refractivity contribution in [2.75, 3.05) is 13.1 Å². The van der Waals surface area contributed by atoms with Crippen LogP contribution in [0.15, 0.2) is 0 Å². The van der Waals surface area contributed by atoms with Crippen molar-refractivity contribution in [3.8, 4) is 0 Å². The van der Waals surface area contributed by atoms with Gasteiger partial charge in [0.15, 0.2) is 0 Å². The Kier molecular flexibility index (Phi) is 4.85. The molecule has 1 amide bonds. The molecule has 3 unspecified atom stereocenters. The van der Waals surface area contributed by atoms with Crippen LogP contribution in [0.2, 0.25) is 0 Å². The summed E-state index contributed by atoms with van der Waals surface area (Å²) in [5, 5.41) is 13.3. The van der Waals surface area contributed by atoms with Crippen LogP contribution in [0.25, 0.3) is 0 Å². The van der Waals surface area contributed by atoms with Crippen LogP contribution in [0.3, 0.4) is 0 Å². The van der Waals surface area contributed by atoms with E-state index in [1.807, 2.05) is 20.8 Å². The number of carbonyl (C=O) groups excluding carboxylic acids is 1. The Balaban J connectivity index is 1.95. The summed E-state index contributed by atoms with van der Waals surface area (Å²) in [7, 11) is 0. The molecule has 1 aliphatic heterocycles. The van der Waals surface area contributed by atoms with Crippen LogP contribution in [0, 0.1) is 11.8 Å². The van der Waals surface area contributed by atoms with E-state index in [0.717, 1.165) is 25.9 Å². The van der Waals surface area contributed by atoms with Crippen molar-refractivity contribution in [1.82, 2.24) is 10.2 Å². The number of likely N-dealkylation sites (tertiary alicyclic amines) is 1. The van der Waals surface area contributed by atoms with E-state index in [4.69, 9.17) is 0 Å². The average molecular weight is 268 g/mol. The maximum absolute atomic E-state index is 11.9. The maximum Gasteiger partial charge on any atom is 0.222 e. The van der Waals surface area contributed by atoms with Crippen LogP contribution in [-0.2, 0) is 4.79 Å². The molecule has 1 saturated carbocycles. The lowest BCUT2D eigenvalue weighted by atomic mass is 9.88. The van der Waals surface area contributed by atoms with Gasteiger partial charge in [-0.25, -0.2) is 0 Å². The van der Waals surface area contributed by atoms with Crippen LogP contribution in [-0.4, -0.2) is 47.2 Å². The van der Waals surface area contributed by atoms with Crippen LogP contribution in [0.1, 0.15) is 46.5 Å². The molecule has 1 saturated heterocycles.